The summed E-state index contributed by atoms with van der Waals surface area (Å²) in [4.78, 5) is 0.107. The van der Waals surface area contributed by atoms with E-state index in [1.165, 1.54) is 6.07 Å². The molecule has 0 heterocycles. The van der Waals surface area contributed by atoms with Gasteiger partial charge >= 0.3 is 0 Å². The summed E-state index contributed by atoms with van der Waals surface area (Å²) in [5.41, 5.74) is 6.49. The minimum atomic E-state index is -0.924. The highest BCUT2D eigenvalue weighted by atomic mass is 35.5. The van der Waals surface area contributed by atoms with Crippen molar-refractivity contribution in [2.45, 2.75) is 6.61 Å². The van der Waals surface area contributed by atoms with Gasteiger partial charge in [0, 0.05) is 0 Å². The van der Waals surface area contributed by atoms with Gasteiger partial charge in [0.25, 0.3) is 0 Å². The number of nitrogens with two attached hydrogens (primary N) is 1. The first-order valence-electron chi connectivity index (χ1n) is 5.64. The second-order valence-electron chi connectivity index (χ2n) is 4.01. The van der Waals surface area contributed by atoms with Gasteiger partial charge in [-0.2, -0.15) is 0 Å². The van der Waals surface area contributed by atoms with Gasteiger partial charge in [-0.3, -0.25) is 0 Å². The highest BCUT2D eigenvalue weighted by Crippen LogP contribution is 2.27. The number of thiocarbonyl (C=S) groups is 1. The van der Waals surface area contributed by atoms with Gasteiger partial charge in [0.05, 0.1) is 10.6 Å². The van der Waals surface area contributed by atoms with E-state index in [1.807, 2.05) is 0 Å². The summed E-state index contributed by atoms with van der Waals surface area (Å²) in [6, 6.07) is 8.52. The Bertz CT molecular complexity index is 664. The van der Waals surface area contributed by atoms with E-state index in [4.69, 9.17) is 34.3 Å². The molecule has 0 unspecified atom stereocenters. The maximum Gasteiger partial charge on any atom is 0.159 e. The number of benzene rings is 2. The fourth-order valence-electron chi connectivity index (χ4n) is 1.65. The van der Waals surface area contributed by atoms with Crippen molar-refractivity contribution in [3.63, 3.8) is 0 Å². The van der Waals surface area contributed by atoms with Crippen LogP contribution in [0.1, 0.15) is 11.1 Å². The fourth-order valence-corrected chi connectivity index (χ4v) is 2.19. The van der Waals surface area contributed by atoms with E-state index < -0.39 is 11.6 Å². The Morgan fingerprint density at radius 2 is 1.95 bits per heavy atom. The Morgan fingerprint density at radius 1 is 1.20 bits per heavy atom. The van der Waals surface area contributed by atoms with Crippen LogP contribution in [0.4, 0.5) is 8.78 Å². The van der Waals surface area contributed by atoms with Crippen LogP contribution in [0.15, 0.2) is 36.4 Å². The van der Waals surface area contributed by atoms with Gasteiger partial charge < -0.3 is 10.5 Å². The molecular weight excluding hydrogens is 304 g/mol. The molecule has 6 heteroatoms. The smallest absolute Gasteiger partial charge is 0.159 e. The molecule has 0 radical (unpaired) electrons. The zero-order chi connectivity index (χ0) is 14.7. The van der Waals surface area contributed by atoms with E-state index >= 15 is 0 Å². The van der Waals surface area contributed by atoms with Crippen LogP contribution >= 0.6 is 23.8 Å². The van der Waals surface area contributed by atoms with Gasteiger partial charge in [-0.05, 0) is 29.8 Å². The lowest BCUT2D eigenvalue weighted by Crippen LogP contribution is -2.12. The van der Waals surface area contributed by atoms with E-state index in [0.717, 1.165) is 12.1 Å². The third-order valence-corrected chi connectivity index (χ3v) is 3.12. The molecule has 0 fully saturated rings. The normalized spacial score (nSPS) is 10.3. The molecule has 104 valence electrons. The highest BCUT2D eigenvalue weighted by molar-refractivity contribution is 7.80. The lowest BCUT2D eigenvalue weighted by molar-refractivity contribution is 0.304. The zero-order valence-electron chi connectivity index (χ0n) is 10.2. The Labute approximate surface area is 125 Å². The molecule has 2 aromatic carbocycles. The molecule has 2 aromatic rings. The average molecular weight is 314 g/mol. The Morgan fingerprint density at radius 3 is 2.60 bits per heavy atom. The molecule has 0 saturated carbocycles. The topological polar surface area (TPSA) is 35.2 Å². The minimum absolute atomic E-state index is 0.0488. The van der Waals surface area contributed by atoms with Crippen LogP contribution in [0.5, 0.6) is 5.75 Å². The van der Waals surface area contributed by atoms with Crippen molar-refractivity contribution in [3.05, 3.63) is 64.2 Å². The van der Waals surface area contributed by atoms with Gasteiger partial charge in [-0.25, -0.2) is 8.78 Å². The summed E-state index contributed by atoms with van der Waals surface area (Å²) >= 11 is 10.9. The molecule has 0 saturated heterocycles. The molecule has 0 bridgehead atoms. The lowest BCUT2D eigenvalue weighted by atomic mass is 10.2. The quantitative estimate of drug-likeness (QED) is 0.871. The average Bonchev–Trinajstić information content (AvgIpc) is 2.39. The van der Waals surface area contributed by atoms with Crippen LogP contribution in [0.3, 0.4) is 0 Å². The summed E-state index contributed by atoms with van der Waals surface area (Å²) in [7, 11) is 0. The molecular formula is C14H10ClF2NOS. The number of hydrogen-bond acceptors (Lipinski definition) is 2. The molecule has 0 aromatic heterocycles. The second-order valence-corrected chi connectivity index (χ2v) is 4.86. The lowest BCUT2D eigenvalue weighted by Gasteiger charge is -2.12. The van der Waals surface area contributed by atoms with Crippen molar-refractivity contribution in [1.29, 1.82) is 0 Å². The summed E-state index contributed by atoms with van der Waals surface area (Å²) in [5, 5.41) is 0.375. The number of hydrogen-bond donors (Lipinski definition) is 1. The molecule has 0 aliphatic heterocycles. The van der Waals surface area contributed by atoms with E-state index in [0.29, 0.717) is 21.9 Å². The molecule has 0 aliphatic rings. The van der Waals surface area contributed by atoms with Crippen molar-refractivity contribution in [3.8, 4) is 5.75 Å². The van der Waals surface area contributed by atoms with E-state index in [1.54, 1.807) is 18.2 Å². The van der Waals surface area contributed by atoms with Crippen molar-refractivity contribution in [2.75, 3.05) is 0 Å². The van der Waals surface area contributed by atoms with Gasteiger partial charge in [-0.1, -0.05) is 36.0 Å². The van der Waals surface area contributed by atoms with Crippen molar-refractivity contribution >= 4 is 28.8 Å². The van der Waals surface area contributed by atoms with Crippen LogP contribution in [0, 0.1) is 11.6 Å². The summed E-state index contributed by atoms with van der Waals surface area (Å²) < 4.78 is 31.4. The van der Waals surface area contributed by atoms with Crippen LogP contribution in [0.2, 0.25) is 5.02 Å². The molecule has 0 atom stereocenters. The number of rotatable bonds is 4. The van der Waals surface area contributed by atoms with Crippen LogP contribution in [0.25, 0.3) is 0 Å². The van der Waals surface area contributed by atoms with Crippen molar-refractivity contribution < 1.29 is 13.5 Å². The maximum absolute atomic E-state index is 13.1. The van der Waals surface area contributed by atoms with E-state index in [2.05, 4.69) is 0 Å². The number of halogens is 3. The molecule has 2 rings (SSSR count). The SMILES string of the molecule is NC(=S)c1c(Cl)cccc1OCc1ccc(F)c(F)c1. The van der Waals surface area contributed by atoms with Crippen molar-refractivity contribution in [2.24, 2.45) is 5.73 Å². The molecule has 2 N–H and O–H groups in total. The fraction of sp³-hybridized carbons (Fsp3) is 0.0714. The third-order valence-electron chi connectivity index (χ3n) is 2.60. The Hall–Kier alpha value is -1.72. The standard InChI is InChI=1S/C14H10ClF2NOS/c15-9-2-1-3-12(13(9)14(18)20)19-7-8-4-5-10(16)11(17)6-8/h1-6H,7H2,(H2,18,20). The predicted molar refractivity (Wildman–Crippen MR) is 78.0 cm³/mol. The molecule has 0 aliphatic carbocycles. The minimum Gasteiger partial charge on any atom is -0.488 e. The molecule has 2 nitrogen and oxygen atoms in total. The largest absolute Gasteiger partial charge is 0.488 e. The summed E-state index contributed by atoms with van der Waals surface area (Å²) in [5.74, 6) is -1.43. The molecule has 0 amide bonds. The van der Waals surface area contributed by atoms with Crippen LogP contribution < -0.4 is 10.5 Å². The Kier molecular flexibility index (Phi) is 4.52. The first kappa shape index (κ1) is 14.7. The van der Waals surface area contributed by atoms with E-state index in [-0.39, 0.29) is 11.6 Å². The summed E-state index contributed by atoms with van der Waals surface area (Å²) in [6.07, 6.45) is 0. The van der Waals surface area contributed by atoms with Crippen LogP contribution in [-0.4, -0.2) is 4.99 Å². The number of ether oxygens (including phenoxy) is 1. The Balaban J connectivity index is 2.21. The molecule has 20 heavy (non-hydrogen) atoms. The van der Waals surface area contributed by atoms with Gasteiger partial charge in [0.15, 0.2) is 11.6 Å². The van der Waals surface area contributed by atoms with Gasteiger partial charge in [0.2, 0.25) is 0 Å². The van der Waals surface area contributed by atoms with Crippen molar-refractivity contribution in [1.82, 2.24) is 0 Å². The first-order chi connectivity index (χ1) is 9.49. The first-order valence-corrected chi connectivity index (χ1v) is 6.42. The third kappa shape index (κ3) is 3.23. The zero-order valence-corrected chi connectivity index (χ0v) is 11.8. The second kappa shape index (κ2) is 6.15. The van der Waals surface area contributed by atoms with E-state index in [9.17, 15) is 8.78 Å². The maximum atomic E-state index is 13.1. The summed E-state index contributed by atoms with van der Waals surface area (Å²) in [6.45, 7) is 0.0488. The monoisotopic (exact) mass is 313 g/mol. The van der Waals surface area contributed by atoms with Gasteiger partial charge in [-0.15, -0.1) is 0 Å². The predicted octanol–water partition coefficient (Wildman–Crippen LogP) is 3.83. The van der Waals surface area contributed by atoms with Gasteiger partial charge in [0.1, 0.15) is 17.3 Å². The highest BCUT2D eigenvalue weighted by Gasteiger charge is 2.11. The molecule has 0 spiro atoms. The van der Waals surface area contributed by atoms with Crippen LogP contribution in [-0.2, 0) is 6.61 Å².